The molecule has 43 heavy (non-hydrogen) atoms. The second-order valence-corrected chi connectivity index (χ2v) is 11.4. The number of ether oxygens (including phenoxy) is 3. The van der Waals surface area contributed by atoms with Gasteiger partial charge in [0.2, 0.25) is 18.0 Å². The number of amides is 5. The van der Waals surface area contributed by atoms with E-state index in [2.05, 4.69) is 4.99 Å². The first-order valence-corrected chi connectivity index (χ1v) is 13.5. The van der Waals surface area contributed by atoms with Crippen LogP contribution in [0.1, 0.15) is 72.2 Å². The number of likely N-dealkylation sites (N-methyl/N-ethyl adjacent to an activating group) is 1. The first-order valence-electron chi connectivity index (χ1n) is 13.5. The average molecular weight is 605 g/mol. The van der Waals surface area contributed by atoms with E-state index in [0.29, 0.717) is 9.91 Å². The van der Waals surface area contributed by atoms with Gasteiger partial charge in [-0.25, -0.2) is 24.5 Å². The number of guanidine groups is 1. The van der Waals surface area contributed by atoms with Crippen molar-refractivity contribution in [2.75, 3.05) is 25.1 Å². The summed E-state index contributed by atoms with van der Waals surface area (Å²) in [5.41, 5.74) is 4.22. The molecular formula is C28H40N6O9. The normalized spacial score (nSPS) is 15.7. The Morgan fingerprint density at radius 1 is 1.00 bits per heavy atom. The fourth-order valence-electron chi connectivity index (χ4n) is 3.95. The predicted molar refractivity (Wildman–Crippen MR) is 154 cm³/mol. The maximum absolute atomic E-state index is 14.2. The molecule has 0 aliphatic carbocycles. The zero-order valence-electron chi connectivity index (χ0n) is 26.0. The highest BCUT2D eigenvalue weighted by Crippen LogP contribution is 2.30. The van der Waals surface area contributed by atoms with Crippen molar-refractivity contribution in [3.63, 3.8) is 0 Å². The number of aliphatic imine (C=N–C) groups is 1. The summed E-state index contributed by atoms with van der Waals surface area (Å²) in [6.45, 7) is 11.8. The summed E-state index contributed by atoms with van der Waals surface area (Å²) in [4.78, 5) is 85.2. The van der Waals surface area contributed by atoms with Crippen LogP contribution >= 0.6 is 0 Å². The Morgan fingerprint density at radius 2 is 1.58 bits per heavy atom. The van der Waals surface area contributed by atoms with E-state index in [1.165, 1.54) is 19.2 Å². The van der Waals surface area contributed by atoms with Crippen LogP contribution < -0.4 is 10.6 Å². The minimum atomic E-state index is -2.04. The van der Waals surface area contributed by atoms with E-state index >= 15 is 0 Å². The van der Waals surface area contributed by atoms with Crippen molar-refractivity contribution >= 4 is 47.5 Å². The van der Waals surface area contributed by atoms with Gasteiger partial charge in [0, 0.05) is 14.0 Å². The molecule has 0 bridgehead atoms. The molecule has 0 saturated heterocycles. The van der Waals surface area contributed by atoms with Crippen molar-refractivity contribution in [2.24, 2.45) is 10.7 Å². The largest absolute Gasteiger partial charge is 0.466 e. The Kier molecular flexibility index (Phi) is 10.9. The molecule has 15 heteroatoms. The summed E-state index contributed by atoms with van der Waals surface area (Å²) < 4.78 is 15.7. The van der Waals surface area contributed by atoms with Gasteiger partial charge in [0.15, 0.2) is 0 Å². The zero-order chi connectivity index (χ0) is 32.9. The lowest BCUT2D eigenvalue weighted by Crippen LogP contribution is -2.67. The van der Waals surface area contributed by atoms with Gasteiger partial charge in [-0.2, -0.15) is 0 Å². The number of para-hydroxylation sites is 1. The number of nitrogens with two attached hydrogens (primary N) is 1. The van der Waals surface area contributed by atoms with Gasteiger partial charge in [0.1, 0.15) is 11.2 Å². The van der Waals surface area contributed by atoms with Crippen LogP contribution in [0.15, 0.2) is 29.3 Å². The van der Waals surface area contributed by atoms with Gasteiger partial charge in [-0.3, -0.25) is 19.2 Å². The Hall–Kier alpha value is -4.69. The molecule has 1 aliphatic rings. The first kappa shape index (κ1) is 34.5. The number of hydrogen-bond acceptors (Lipinski definition) is 9. The number of rotatable bonds is 6. The lowest BCUT2D eigenvalue weighted by Gasteiger charge is -2.42. The van der Waals surface area contributed by atoms with Gasteiger partial charge >= 0.3 is 18.2 Å². The number of esters is 1. The smallest absolute Gasteiger partial charge is 0.437 e. The summed E-state index contributed by atoms with van der Waals surface area (Å²) in [6, 6.07) is 6.07. The van der Waals surface area contributed by atoms with Crippen LogP contribution in [0.2, 0.25) is 0 Å². The Balaban J connectivity index is 2.86. The van der Waals surface area contributed by atoms with E-state index in [1.807, 2.05) is 0 Å². The summed E-state index contributed by atoms with van der Waals surface area (Å²) in [5.74, 6) is -4.10. The Bertz CT molecular complexity index is 1300. The second-order valence-electron chi connectivity index (χ2n) is 11.4. The predicted octanol–water partition coefficient (Wildman–Crippen LogP) is 2.63. The van der Waals surface area contributed by atoms with E-state index in [4.69, 9.17) is 19.9 Å². The van der Waals surface area contributed by atoms with Crippen molar-refractivity contribution in [2.45, 2.75) is 79.2 Å². The summed E-state index contributed by atoms with van der Waals surface area (Å²) in [6.07, 6.45) is -4.86. The van der Waals surface area contributed by atoms with Crippen LogP contribution in [0, 0.1) is 0 Å². The highest BCUT2D eigenvalue weighted by atomic mass is 16.6. The van der Waals surface area contributed by atoms with Gasteiger partial charge in [-0.15, -0.1) is 4.99 Å². The third-order valence-electron chi connectivity index (χ3n) is 5.62. The fourth-order valence-corrected chi connectivity index (χ4v) is 3.95. The minimum absolute atomic E-state index is 0.00461. The van der Waals surface area contributed by atoms with Crippen LogP contribution in [-0.2, 0) is 28.6 Å². The monoisotopic (exact) mass is 604 g/mol. The summed E-state index contributed by atoms with van der Waals surface area (Å²) >= 11 is 0. The van der Waals surface area contributed by atoms with E-state index in [9.17, 15) is 28.8 Å². The fraction of sp³-hybridized carbons (Fsp3) is 0.536. The third kappa shape index (κ3) is 8.90. The van der Waals surface area contributed by atoms with E-state index < -0.39 is 65.7 Å². The lowest BCUT2D eigenvalue weighted by molar-refractivity contribution is -0.157. The average Bonchev–Trinajstić information content (AvgIpc) is 2.92. The maximum atomic E-state index is 14.2. The van der Waals surface area contributed by atoms with Crippen molar-refractivity contribution in [3.8, 4) is 0 Å². The van der Waals surface area contributed by atoms with Crippen LogP contribution in [0.25, 0.3) is 0 Å². The molecule has 0 fully saturated rings. The highest BCUT2D eigenvalue weighted by molar-refractivity contribution is 6.13. The van der Waals surface area contributed by atoms with Crippen molar-refractivity contribution in [3.05, 3.63) is 29.8 Å². The van der Waals surface area contributed by atoms with Crippen LogP contribution in [0.3, 0.4) is 0 Å². The van der Waals surface area contributed by atoms with E-state index in [0.717, 1.165) is 16.8 Å². The number of anilines is 1. The maximum Gasteiger partial charge on any atom is 0.437 e. The molecule has 1 aliphatic heterocycles. The van der Waals surface area contributed by atoms with E-state index in [1.54, 1.807) is 60.6 Å². The van der Waals surface area contributed by atoms with Gasteiger partial charge in [0.05, 0.1) is 30.8 Å². The van der Waals surface area contributed by atoms with Crippen molar-refractivity contribution in [1.82, 2.24) is 14.9 Å². The van der Waals surface area contributed by atoms with E-state index in [-0.39, 0.29) is 24.3 Å². The molecule has 1 aromatic rings. The van der Waals surface area contributed by atoms with Crippen LogP contribution in [0.4, 0.5) is 15.3 Å². The molecule has 1 heterocycles. The number of hydrazine groups is 1. The second kappa shape index (κ2) is 13.5. The number of carbonyl (C=O) groups is 6. The molecule has 0 spiro atoms. The molecule has 2 N–H and O–H groups in total. The molecule has 1 unspecified atom stereocenters. The van der Waals surface area contributed by atoms with Crippen molar-refractivity contribution in [1.29, 1.82) is 0 Å². The SMILES string of the molecule is CCOC(=O)CCN(C(C)=O)N1C(=O)c2ccccc2N(C)C(=O)C1N(C(=O)OC(C)(C)C)C(N)=NC(=O)OC(C)(C)C. The number of benzene rings is 1. The Labute approximate surface area is 250 Å². The van der Waals surface area contributed by atoms with Gasteiger partial charge in [-0.1, -0.05) is 12.1 Å². The first-order chi connectivity index (χ1) is 19.8. The molecule has 2 rings (SSSR count). The van der Waals surface area contributed by atoms with Crippen LogP contribution in [-0.4, -0.2) is 94.3 Å². The van der Waals surface area contributed by atoms with Gasteiger partial charge in [0.25, 0.3) is 11.8 Å². The molecular weight excluding hydrogens is 564 g/mol. The topological polar surface area (TPSA) is 181 Å². The quantitative estimate of drug-likeness (QED) is 0.219. The molecule has 15 nitrogen and oxygen atoms in total. The van der Waals surface area contributed by atoms with Gasteiger partial charge in [-0.05, 0) is 60.6 Å². The van der Waals surface area contributed by atoms with Gasteiger partial charge < -0.3 is 24.8 Å². The number of nitrogens with zero attached hydrogens (tertiary/aromatic N) is 5. The molecule has 236 valence electrons. The zero-order valence-corrected chi connectivity index (χ0v) is 26.0. The lowest BCUT2D eigenvalue weighted by atomic mass is 10.1. The molecule has 0 aromatic heterocycles. The highest BCUT2D eigenvalue weighted by Gasteiger charge is 2.49. The number of fused-ring (bicyclic) bond motifs is 1. The summed E-state index contributed by atoms with van der Waals surface area (Å²) in [7, 11) is 1.36. The standard InChI is InChI=1S/C28H40N6O9/c1-10-41-20(36)15-16-32(17(2)35)34-21(23(38)31(9)19-14-12-11-13-18(19)22(34)37)33(26(40)43-28(6,7)8)24(29)30-25(39)42-27(3,4)5/h11-14,21H,10,15-16H2,1-9H3,(H2,29,30,39). The third-order valence-corrected chi connectivity index (χ3v) is 5.62. The van der Waals surface area contributed by atoms with Crippen molar-refractivity contribution < 1.29 is 43.0 Å². The molecule has 5 amide bonds. The molecule has 0 saturated carbocycles. The molecule has 0 radical (unpaired) electrons. The number of hydrogen-bond donors (Lipinski definition) is 1. The molecule has 1 atom stereocenters. The Morgan fingerprint density at radius 3 is 2.12 bits per heavy atom. The van der Waals surface area contributed by atoms with Crippen LogP contribution in [0.5, 0.6) is 0 Å². The molecule has 1 aromatic carbocycles. The minimum Gasteiger partial charge on any atom is -0.466 e. The number of carbonyl (C=O) groups excluding carboxylic acids is 6. The summed E-state index contributed by atoms with van der Waals surface area (Å²) in [5, 5.41) is 1.53.